The molecule has 0 bridgehead atoms. The Morgan fingerprint density at radius 3 is 2.22 bits per heavy atom. The van der Waals surface area contributed by atoms with Crippen LogP contribution in [-0.4, -0.2) is 17.1 Å². The van der Waals surface area contributed by atoms with Crippen LogP contribution in [0.3, 0.4) is 0 Å². The van der Waals surface area contributed by atoms with E-state index in [1.54, 1.807) is 18.3 Å². The summed E-state index contributed by atoms with van der Waals surface area (Å²) >= 11 is 20.5. The molecule has 0 aliphatic carbocycles. The molecule has 11 heteroatoms. The zero-order valence-corrected chi connectivity index (χ0v) is 26.6. The number of rotatable bonds is 9. The van der Waals surface area contributed by atoms with Gasteiger partial charge < -0.3 is 10.1 Å². The number of ether oxygens (including phenoxy) is 1. The molecule has 0 fully saturated rings. The van der Waals surface area contributed by atoms with Gasteiger partial charge in [-0.15, -0.1) is 11.3 Å². The van der Waals surface area contributed by atoms with Crippen LogP contribution in [0.4, 0.5) is 10.8 Å². The molecular formula is C30H20Br2Cl2N4O2S. The number of hydrazone groups is 1. The average Bonchev–Trinajstić information content (AvgIpc) is 3.43. The van der Waals surface area contributed by atoms with Crippen molar-refractivity contribution in [2.75, 3.05) is 5.32 Å². The number of carbonyl (C=O) groups excluding carboxylic acids is 1. The van der Waals surface area contributed by atoms with E-state index < -0.39 is 0 Å². The molecule has 0 saturated carbocycles. The van der Waals surface area contributed by atoms with E-state index in [0.29, 0.717) is 28.0 Å². The zero-order chi connectivity index (χ0) is 28.8. The van der Waals surface area contributed by atoms with Gasteiger partial charge in [0.05, 0.1) is 20.9 Å². The van der Waals surface area contributed by atoms with Crippen LogP contribution in [0.5, 0.6) is 5.75 Å². The van der Waals surface area contributed by atoms with Crippen molar-refractivity contribution in [3.05, 3.63) is 126 Å². The summed E-state index contributed by atoms with van der Waals surface area (Å²) in [4.78, 5) is 17.3. The SMILES string of the molecule is O=C(N/N=C\c1cc(Br)c(OCc2ccc(Cl)cc2)c(Br)c1)c1ccc(-c2csc(Nc3ccc(Cl)cc3)n2)cc1. The summed E-state index contributed by atoms with van der Waals surface area (Å²) in [6, 6.07) is 25.8. The minimum atomic E-state index is -0.322. The summed E-state index contributed by atoms with van der Waals surface area (Å²) in [5.41, 5.74) is 7.44. The summed E-state index contributed by atoms with van der Waals surface area (Å²) < 4.78 is 7.46. The number of hydrogen-bond donors (Lipinski definition) is 2. The van der Waals surface area contributed by atoms with Crippen molar-refractivity contribution < 1.29 is 9.53 Å². The van der Waals surface area contributed by atoms with Crippen LogP contribution >= 0.6 is 66.4 Å². The molecule has 0 atom stereocenters. The number of benzene rings is 4. The first-order valence-electron chi connectivity index (χ1n) is 12.1. The van der Waals surface area contributed by atoms with Gasteiger partial charge in [-0.1, -0.05) is 47.5 Å². The second kappa shape index (κ2) is 13.6. The predicted octanol–water partition coefficient (Wildman–Crippen LogP) is 9.73. The minimum absolute atomic E-state index is 0.322. The third-order valence-corrected chi connectivity index (χ3v) is 8.18. The monoisotopic (exact) mass is 728 g/mol. The molecule has 0 radical (unpaired) electrons. The highest BCUT2D eigenvalue weighted by atomic mass is 79.9. The molecule has 0 saturated heterocycles. The number of nitrogens with zero attached hydrogens (tertiary/aromatic N) is 2. The standard InChI is InChI=1S/C30H20Br2Cl2N4O2S/c31-25-13-19(14-26(32)28(25)40-16-18-1-7-22(33)8-2-18)15-35-38-29(39)21-5-3-20(4-6-21)27-17-41-30(37-27)36-24-11-9-23(34)10-12-24/h1-15,17H,16H2,(H,36,37)(H,38,39)/b35-15-. The van der Waals surface area contributed by atoms with E-state index in [1.807, 2.05) is 78.2 Å². The van der Waals surface area contributed by atoms with E-state index in [0.717, 1.165) is 42.1 Å². The van der Waals surface area contributed by atoms with E-state index in [1.165, 1.54) is 11.3 Å². The largest absolute Gasteiger partial charge is 0.487 e. The fourth-order valence-electron chi connectivity index (χ4n) is 3.67. The lowest BCUT2D eigenvalue weighted by molar-refractivity contribution is 0.0955. The van der Waals surface area contributed by atoms with Gasteiger partial charge in [0.1, 0.15) is 12.4 Å². The molecule has 41 heavy (non-hydrogen) atoms. The third-order valence-electron chi connectivity index (χ3n) is 5.74. The number of hydrogen-bond acceptors (Lipinski definition) is 6. The first kappa shape index (κ1) is 29.3. The highest BCUT2D eigenvalue weighted by Crippen LogP contribution is 2.35. The van der Waals surface area contributed by atoms with Gasteiger partial charge in [-0.3, -0.25) is 4.79 Å². The van der Waals surface area contributed by atoms with Gasteiger partial charge in [-0.25, -0.2) is 10.4 Å². The van der Waals surface area contributed by atoms with Crippen molar-refractivity contribution in [1.82, 2.24) is 10.4 Å². The maximum absolute atomic E-state index is 12.6. The maximum atomic E-state index is 12.6. The maximum Gasteiger partial charge on any atom is 0.271 e. The van der Waals surface area contributed by atoms with Gasteiger partial charge in [0.15, 0.2) is 5.13 Å². The van der Waals surface area contributed by atoms with Gasteiger partial charge in [-0.2, -0.15) is 5.10 Å². The van der Waals surface area contributed by atoms with Crippen LogP contribution in [0.1, 0.15) is 21.5 Å². The Labute approximate surface area is 267 Å². The molecule has 1 amide bonds. The van der Waals surface area contributed by atoms with Crippen LogP contribution < -0.4 is 15.5 Å². The average molecular weight is 731 g/mol. The number of anilines is 2. The Hall–Kier alpha value is -3.21. The fraction of sp³-hybridized carbons (Fsp3) is 0.0333. The molecule has 5 rings (SSSR count). The van der Waals surface area contributed by atoms with Gasteiger partial charge in [0.25, 0.3) is 5.91 Å². The number of aromatic nitrogens is 1. The molecule has 4 aromatic carbocycles. The molecule has 6 nitrogen and oxygen atoms in total. The summed E-state index contributed by atoms with van der Waals surface area (Å²) in [6.07, 6.45) is 1.56. The zero-order valence-electron chi connectivity index (χ0n) is 21.1. The molecule has 0 aliphatic heterocycles. The predicted molar refractivity (Wildman–Crippen MR) is 175 cm³/mol. The van der Waals surface area contributed by atoms with Crippen LogP contribution in [0.15, 0.2) is 104 Å². The smallest absolute Gasteiger partial charge is 0.271 e. The Bertz CT molecular complexity index is 1670. The molecule has 1 aromatic heterocycles. The molecule has 0 spiro atoms. The molecule has 206 valence electrons. The number of nitrogens with one attached hydrogen (secondary N) is 2. The third kappa shape index (κ3) is 7.96. The Morgan fingerprint density at radius 1 is 0.927 bits per heavy atom. The first-order valence-corrected chi connectivity index (χ1v) is 15.3. The highest BCUT2D eigenvalue weighted by molar-refractivity contribution is 9.11. The van der Waals surface area contributed by atoms with E-state index >= 15 is 0 Å². The van der Waals surface area contributed by atoms with Gasteiger partial charge >= 0.3 is 0 Å². The molecule has 0 unspecified atom stereocenters. The van der Waals surface area contributed by atoms with Gasteiger partial charge in [0, 0.05) is 32.2 Å². The van der Waals surface area contributed by atoms with E-state index in [9.17, 15) is 4.79 Å². The van der Waals surface area contributed by atoms with Crippen molar-refractivity contribution in [2.24, 2.45) is 5.10 Å². The quantitative estimate of drug-likeness (QED) is 0.117. The second-order valence-electron chi connectivity index (χ2n) is 8.68. The lowest BCUT2D eigenvalue weighted by Crippen LogP contribution is -2.17. The molecule has 1 heterocycles. The molecule has 2 N–H and O–H groups in total. The van der Waals surface area contributed by atoms with Crippen LogP contribution in [0, 0.1) is 0 Å². The topological polar surface area (TPSA) is 75.6 Å². The van der Waals surface area contributed by atoms with Crippen molar-refractivity contribution in [3.8, 4) is 17.0 Å². The summed E-state index contributed by atoms with van der Waals surface area (Å²) in [7, 11) is 0. The Morgan fingerprint density at radius 2 is 1.56 bits per heavy atom. The Balaban J connectivity index is 1.16. The second-order valence-corrected chi connectivity index (χ2v) is 12.1. The fourth-order valence-corrected chi connectivity index (χ4v) is 6.11. The lowest BCUT2D eigenvalue weighted by Gasteiger charge is -2.11. The van der Waals surface area contributed by atoms with Gasteiger partial charge in [0.2, 0.25) is 0 Å². The van der Waals surface area contributed by atoms with E-state index in [2.05, 4.69) is 52.7 Å². The highest BCUT2D eigenvalue weighted by Gasteiger charge is 2.11. The number of carbonyl (C=O) groups is 1. The molecular weight excluding hydrogens is 711 g/mol. The van der Waals surface area contributed by atoms with Crippen molar-refractivity contribution in [2.45, 2.75) is 6.61 Å². The summed E-state index contributed by atoms with van der Waals surface area (Å²) in [5.74, 6) is 0.339. The number of amides is 1. The van der Waals surface area contributed by atoms with Crippen LogP contribution in [-0.2, 0) is 6.61 Å². The normalized spacial score (nSPS) is 11.0. The van der Waals surface area contributed by atoms with Gasteiger partial charge in [-0.05, 0) is 104 Å². The molecule has 0 aliphatic rings. The molecule has 5 aromatic rings. The first-order chi connectivity index (χ1) is 19.8. The van der Waals surface area contributed by atoms with E-state index in [-0.39, 0.29) is 5.91 Å². The summed E-state index contributed by atoms with van der Waals surface area (Å²) in [6.45, 7) is 0.389. The lowest BCUT2D eigenvalue weighted by atomic mass is 10.1. The van der Waals surface area contributed by atoms with Crippen molar-refractivity contribution >= 4 is 89.3 Å². The Kier molecular flexibility index (Phi) is 9.74. The van der Waals surface area contributed by atoms with Crippen LogP contribution in [0.25, 0.3) is 11.3 Å². The van der Waals surface area contributed by atoms with Crippen molar-refractivity contribution in [3.63, 3.8) is 0 Å². The van der Waals surface area contributed by atoms with Crippen LogP contribution in [0.2, 0.25) is 10.0 Å². The van der Waals surface area contributed by atoms with Crippen molar-refractivity contribution in [1.29, 1.82) is 0 Å². The number of halogens is 4. The summed E-state index contributed by atoms with van der Waals surface area (Å²) in [5, 5.41) is 11.5. The van der Waals surface area contributed by atoms with E-state index in [4.69, 9.17) is 27.9 Å². The number of thiazole rings is 1. The minimum Gasteiger partial charge on any atom is -0.487 e.